The van der Waals surface area contributed by atoms with Crippen molar-refractivity contribution in [2.24, 2.45) is 5.92 Å². The van der Waals surface area contributed by atoms with Gasteiger partial charge in [0, 0.05) is 46.8 Å². The number of rotatable bonds is 6. The third-order valence-electron chi connectivity index (χ3n) is 12.3. The van der Waals surface area contributed by atoms with Gasteiger partial charge in [-0.1, -0.05) is 127 Å². The van der Waals surface area contributed by atoms with Crippen LogP contribution in [0.25, 0.3) is 49.2 Å². The van der Waals surface area contributed by atoms with Crippen LogP contribution in [0.4, 0.5) is 4.39 Å². The van der Waals surface area contributed by atoms with E-state index >= 15 is 4.39 Å². The van der Waals surface area contributed by atoms with Gasteiger partial charge in [0.2, 0.25) is 5.75 Å². The van der Waals surface area contributed by atoms with Gasteiger partial charge < -0.3 is 14.3 Å². The summed E-state index contributed by atoms with van der Waals surface area (Å²) in [6.45, 7) is 23.0. The molecule has 2 heterocycles. The number of hydrogen-bond acceptors (Lipinski definition) is 2. The lowest BCUT2D eigenvalue weighted by molar-refractivity contribution is -1.03. The van der Waals surface area contributed by atoms with Crippen molar-refractivity contribution < 1.29 is 13.9 Å². The Kier molecular flexibility index (Phi) is 8.75. The number of quaternary nitrogens is 1. The normalized spacial score (nSPS) is 17.0. The summed E-state index contributed by atoms with van der Waals surface area (Å²) >= 11 is 0. The first kappa shape index (κ1) is 37.5. The summed E-state index contributed by atoms with van der Waals surface area (Å²) in [6, 6.07) is 30.7. The van der Waals surface area contributed by atoms with Gasteiger partial charge in [-0.3, -0.25) is 0 Å². The Bertz CT molecular complexity index is 2570. The zero-order chi connectivity index (χ0) is 39.4. The molecule has 55 heavy (non-hydrogen) atoms. The summed E-state index contributed by atoms with van der Waals surface area (Å²) in [7, 11) is 3.47. The number of nitrogens with zero attached hydrogens (tertiary/aromatic N) is 3. The molecule has 5 aromatic carbocycles. The van der Waals surface area contributed by atoms with E-state index in [1.165, 1.54) is 56.1 Å². The van der Waals surface area contributed by atoms with Gasteiger partial charge in [-0.05, 0) is 74.2 Å². The van der Waals surface area contributed by atoms with Gasteiger partial charge in [-0.15, -0.1) is 4.65 Å². The van der Waals surface area contributed by atoms with E-state index in [4.69, 9.17) is 4.84 Å². The van der Waals surface area contributed by atoms with Crippen molar-refractivity contribution in [3.05, 3.63) is 112 Å². The lowest BCUT2D eigenvalue weighted by atomic mass is 9.86. The maximum atomic E-state index is 16.8. The average molecular weight is 753 g/mol. The highest BCUT2D eigenvalue weighted by molar-refractivity contribution is 7.04. The van der Waals surface area contributed by atoms with Crippen molar-refractivity contribution in [2.45, 2.75) is 85.2 Å². The maximum absolute atomic E-state index is 16.8. The smallest absolute Gasteiger partial charge is 0.213 e. The average Bonchev–Trinajstić information content (AvgIpc) is 3.81. The largest absolute Gasteiger partial charge is 0.374 e. The molecule has 0 bridgehead atoms. The van der Waals surface area contributed by atoms with Gasteiger partial charge in [0.15, 0.2) is 0 Å². The van der Waals surface area contributed by atoms with Gasteiger partial charge in [-0.2, -0.15) is 0 Å². The van der Waals surface area contributed by atoms with Crippen LogP contribution in [0.15, 0.2) is 84.9 Å². The van der Waals surface area contributed by atoms with Gasteiger partial charge in [0.25, 0.3) is 0 Å². The van der Waals surface area contributed by atoms with Crippen LogP contribution < -0.4 is 20.5 Å². The van der Waals surface area contributed by atoms with E-state index in [-0.39, 0.29) is 27.2 Å². The number of hydrogen-bond donors (Lipinski definition) is 0. The zero-order valence-electron chi connectivity index (χ0n) is 35.1. The van der Waals surface area contributed by atoms with Crippen LogP contribution in [0, 0.1) is 11.7 Å². The highest BCUT2D eigenvalue weighted by Crippen LogP contribution is 2.42. The Morgan fingerprint density at radius 1 is 0.727 bits per heavy atom. The Labute approximate surface area is 328 Å². The molecule has 286 valence electrons. The Morgan fingerprint density at radius 3 is 1.87 bits per heavy atom. The zero-order valence-corrected chi connectivity index (χ0v) is 36.1. The molecule has 1 fully saturated rings. The predicted octanol–water partition coefficient (Wildman–Crippen LogP) is 9.83. The van der Waals surface area contributed by atoms with Gasteiger partial charge in [-0.25, -0.2) is 4.39 Å². The molecule has 4 nitrogen and oxygen atoms in total. The second-order valence-electron chi connectivity index (χ2n) is 19.6. The predicted molar refractivity (Wildman–Crippen MR) is 234 cm³/mol. The van der Waals surface area contributed by atoms with Crippen LogP contribution in [0.5, 0.6) is 5.75 Å². The Morgan fingerprint density at radius 2 is 1.31 bits per heavy atom. The van der Waals surface area contributed by atoms with Crippen LogP contribution >= 0.6 is 0 Å². The monoisotopic (exact) mass is 752 g/mol. The maximum Gasteiger partial charge on any atom is 0.213 e. The van der Waals surface area contributed by atoms with Gasteiger partial charge in [0.1, 0.15) is 35.0 Å². The summed E-state index contributed by atoms with van der Waals surface area (Å²) in [4.78, 5) is 9.80. The van der Waals surface area contributed by atoms with Crippen LogP contribution in [-0.2, 0) is 10.8 Å². The lowest BCUT2D eigenvalue weighted by Crippen LogP contribution is -2.50. The summed E-state index contributed by atoms with van der Waals surface area (Å²) in [6.07, 6.45) is 2.43. The van der Waals surface area contributed by atoms with Gasteiger partial charge >= 0.3 is 0 Å². The number of halogens is 1. The summed E-state index contributed by atoms with van der Waals surface area (Å²) in [5.74, 6) is 0.728. The van der Waals surface area contributed by atoms with Crippen molar-refractivity contribution in [3.8, 4) is 11.4 Å². The molecule has 0 spiro atoms. The molecule has 2 aliphatic rings. The van der Waals surface area contributed by atoms with E-state index in [1.807, 2.05) is 6.07 Å². The van der Waals surface area contributed by atoms with Crippen LogP contribution in [0.2, 0.25) is 13.1 Å². The number of aromatic nitrogens is 1. The highest BCUT2D eigenvalue weighted by Gasteiger charge is 2.42. The van der Waals surface area contributed by atoms with Crippen LogP contribution in [-0.4, -0.2) is 56.4 Å². The SMILES string of the molecule is C[C@H]1C([Si](C)(C)c2cc(F)cc(-n3c4cc(C(C)(C)C)ccc4c4ccc(C(C)(C)C)cc43)c2O[N+](C)(C)C)=c2ccc3ccccc3c2=C1N1CCCC1. The second-order valence-corrected chi connectivity index (χ2v) is 24.0. The molecule has 1 aliphatic heterocycles. The molecule has 0 amide bonds. The quantitative estimate of drug-likeness (QED) is 0.0958. The van der Waals surface area contributed by atoms with Gasteiger partial charge in [0.05, 0.1) is 16.7 Å². The summed E-state index contributed by atoms with van der Waals surface area (Å²) < 4.78 is 19.4. The third kappa shape index (κ3) is 6.30. The molecular weight excluding hydrogens is 694 g/mol. The van der Waals surface area contributed by atoms with Crippen molar-refractivity contribution in [3.63, 3.8) is 0 Å². The number of likely N-dealkylation sites (tertiary alicyclic amines) is 1. The van der Waals surface area contributed by atoms with Crippen molar-refractivity contribution in [1.82, 2.24) is 9.47 Å². The van der Waals surface area contributed by atoms with Crippen molar-refractivity contribution in [2.75, 3.05) is 34.2 Å². The minimum atomic E-state index is -2.70. The fourth-order valence-corrected chi connectivity index (χ4v) is 13.2. The topological polar surface area (TPSA) is 17.4 Å². The standard InChI is InChI=1S/C49H59FN3OSi/c1-31-45(51-25-15-16-26-51)44-36-18-14-13-17-32(36)19-22-39(44)47(31)55(11,12)43-30-35(50)29-42(46(43)54-53(8,9)10)52-40-27-33(48(2,3)4)20-23-37(40)38-24-21-34(28-41(38)52)49(5,6)7/h13-14,17-24,27-31H,15-16,25-26H2,1-12H3/q+1/t31-/m1/s1. The van der Waals surface area contributed by atoms with E-state index < -0.39 is 8.07 Å². The highest BCUT2D eigenvalue weighted by atomic mass is 28.3. The summed E-state index contributed by atoms with van der Waals surface area (Å²) in [5.41, 5.74) is 6.69. The van der Waals surface area contributed by atoms with Crippen LogP contribution in [0.3, 0.4) is 0 Å². The molecule has 1 saturated heterocycles. The second kappa shape index (κ2) is 12.8. The fourth-order valence-electron chi connectivity index (χ4n) is 9.56. The Balaban J connectivity index is 1.48. The molecule has 6 heteroatoms. The first-order valence-corrected chi connectivity index (χ1v) is 23.2. The van der Waals surface area contributed by atoms with E-state index in [2.05, 4.69) is 165 Å². The summed E-state index contributed by atoms with van der Waals surface area (Å²) in [5, 5.41) is 10.0. The molecule has 8 rings (SSSR count). The molecule has 0 saturated carbocycles. The molecule has 6 aromatic rings. The van der Waals surface area contributed by atoms with Crippen molar-refractivity contribution >= 4 is 56.7 Å². The number of hydroxylamine groups is 3. The fraction of sp³-hybridized carbons (Fsp3) is 0.388. The molecular formula is C49H59FN3OSi+. The molecule has 0 radical (unpaired) electrons. The van der Waals surface area contributed by atoms with E-state index in [0.717, 1.165) is 51.5 Å². The van der Waals surface area contributed by atoms with Crippen molar-refractivity contribution in [1.29, 1.82) is 0 Å². The third-order valence-corrected chi connectivity index (χ3v) is 16.0. The van der Waals surface area contributed by atoms with E-state index in [9.17, 15) is 0 Å². The molecule has 1 aromatic heterocycles. The first-order valence-electron chi connectivity index (χ1n) is 20.2. The minimum absolute atomic E-state index is 0.0635. The number of benzene rings is 5. The molecule has 0 N–H and O–H groups in total. The number of fused-ring (bicyclic) bond motifs is 6. The van der Waals surface area contributed by atoms with E-state index in [1.54, 1.807) is 6.07 Å². The minimum Gasteiger partial charge on any atom is -0.374 e. The molecule has 1 aliphatic carbocycles. The van der Waals surface area contributed by atoms with Crippen LogP contribution in [0.1, 0.15) is 72.4 Å². The lowest BCUT2D eigenvalue weighted by Gasteiger charge is -2.35. The first-order chi connectivity index (χ1) is 25.8. The molecule has 0 unspecified atom stereocenters. The Hall–Kier alpha value is -4.39. The van der Waals surface area contributed by atoms with E-state index in [0.29, 0.717) is 0 Å². The molecule has 1 atom stereocenters.